The third kappa shape index (κ3) is 4.51. The number of thiophene rings is 1. The zero-order chi connectivity index (χ0) is 22.8. The van der Waals surface area contributed by atoms with Gasteiger partial charge in [0.05, 0.1) is 7.11 Å². The molecule has 0 amide bonds. The number of ether oxygens (including phenoxy) is 1. The maximum atomic E-state index is 11.5. The average molecular weight is 462 g/mol. The number of benzene rings is 1. The van der Waals surface area contributed by atoms with Gasteiger partial charge in [-0.3, -0.25) is 4.90 Å². The maximum absolute atomic E-state index is 11.5. The molecule has 7 heteroatoms. The monoisotopic (exact) mass is 461 g/mol. The lowest BCUT2D eigenvalue weighted by atomic mass is 9.89. The smallest absolute Gasteiger partial charge is 0.339 e. The number of aromatic nitrogens is 2. The Labute approximate surface area is 197 Å². The Bertz CT molecular complexity index is 1260. The Balaban J connectivity index is 1.30. The molecule has 5 rings (SSSR count). The van der Waals surface area contributed by atoms with Gasteiger partial charge in [-0.05, 0) is 89.6 Å². The van der Waals surface area contributed by atoms with Gasteiger partial charge >= 0.3 is 5.97 Å². The number of methoxy groups -OCH3 is 1. The van der Waals surface area contributed by atoms with Crippen molar-refractivity contribution in [1.29, 1.82) is 0 Å². The van der Waals surface area contributed by atoms with Crippen LogP contribution in [-0.4, -0.2) is 45.7 Å². The highest BCUT2D eigenvalue weighted by molar-refractivity contribution is 7.07. The minimum absolute atomic E-state index is 0.218. The summed E-state index contributed by atoms with van der Waals surface area (Å²) in [6.07, 6.45) is 6.33. The summed E-state index contributed by atoms with van der Waals surface area (Å²) in [7, 11) is 1.50. The highest BCUT2D eigenvalue weighted by Crippen LogP contribution is 2.34. The van der Waals surface area contributed by atoms with Crippen molar-refractivity contribution in [3.63, 3.8) is 0 Å². The zero-order valence-electron chi connectivity index (χ0n) is 18.6. The minimum atomic E-state index is -0.958. The number of piperidine rings is 1. The van der Waals surface area contributed by atoms with Crippen LogP contribution in [0.1, 0.15) is 45.8 Å². The Morgan fingerprint density at radius 1 is 1.18 bits per heavy atom. The molecule has 1 aliphatic heterocycles. The number of rotatable bonds is 7. The normalized spacial score (nSPS) is 15.2. The lowest BCUT2D eigenvalue weighted by Crippen LogP contribution is -2.32. The van der Waals surface area contributed by atoms with Gasteiger partial charge in [0.15, 0.2) is 0 Å². The van der Waals surface area contributed by atoms with E-state index in [4.69, 9.17) is 4.74 Å². The van der Waals surface area contributed by atoms with E-state index in [1.807, 2.05) is 18.3 Å². The number of hydrogen-bond donors (Lipinski definition) is 1. The lowest BCUT2D eigenvalue weighted by Gasteiger charge is -2.32. The predicted molar refractivity (Wildman–Crippen MR) is 130 cm³/mol. The molecule has 4 heterocycles. The van der Waals surface area contributed by atoms with E-state index in [0.717, 1.165) is 50.2 Å². The van der Waals surface area contributed by atoms with Gasteiger partial charge in [0.1, 0.15) is 17.0 Å². The second-order valence-electron chi connectivity index (χ2n) is 8.61. The van der Waals surface area contributed by atoms with Crippen molar-refractivity contribution < 1.29 is 14.6 Å². The van der Waals surface area contributed by atoms with E-state index in [9.17, 15) is 9.90 Å². The van der Waals surface area contributed by atoms with Crippen LogP contribution in [0.3, 0.4) is 0 Å². The second-order valence-corrected chi connectivity index (χ2v) is 9.39. The number of carboxylic acids is 1. The van der Waals surface area contributed by atoms with Crippen LogP contribution >= 0.6 is 11.3 Å². The van der Waals surface area contributed by atoms with Gasteiger partial charge in [-0.2, -0.15) is 11.3 Å². The molecular weight excluding hydrogens is 434 g/mol. The van der Waals surface area contributed by atoms with Gasteiger partial charge in [0.2, 0.25) is 0 Å². The number of hydrogen-bond acceptors (Lipinski definition) is 5. The van der Waals surface area contributed by atoms with Crippen LogP contribution in [-0.2, 0) is 13.1 Å². The number of carboxylic acid groups (broad SMARTS) is 1. The number of carbonyl (C=O) groups is 1. The summed E-state index contributed by atoms with van der Waals surface area (Å²) >= 11 is 1.73. The molecule has 0 spiro atoms. The van der Waals surface area contributed by atoms with Crippen LogP contribution in [0.25, 0.3) is 11.0 Å². The summed E-state index contributed by atoms with van der Waals surface area (Å²) < 4.78 is 7.47. The standard InChI is InChI=1S/C26H27N3O3S/c1-32-24-5-4-18(13-22(24)26(30)31)14-28-10-6-20(7-11-28)23-16-29(15-19-8-12-33-17-19)25-21(23)3-2-9-27-25/h2-5,8-9,12-13,16-17,20H,6-7,10-11,14-15H2,1H3,(H,30,31). The number of aromatic carboxylic acids is 1. The predicted octanol–water partition coefficient (Wildman–Crippen LogP) is 5.23. The Morgan fingerprint density at radius 3 is 2.76 bits per heavy atom. The van der Waals surface area contributed by atoms with E-state index in [1.165, 1.54) is 23.6 Å². The summed E-state index contributed by atoms with van der Waals surface area (Å²) in [5, 5.41) is 15.0. The first-order valence-electron chi connectivity index (χ1n) is 11.2. The van der Waals surface area contributed by atoms with Crippen LogP contribution in [0.4, 0.5) is 0 Å². The maximum Gasteiger partial charge on any atom is 0.339 e. The molecule has 1 aliphatic rings. The van der Waals surface area contributed by atoms with E-state index < -0.39 is 5.97 Å². The highest BCUT2D eigenvalue weighted by atomic mass is 32.1. The first-order chi connectivity index (χ1) is 16.1. The van der Waals surface area contributed by atoms with Gasteiger partial charge in [0, 0.05) is 30.9 Å². The molecule has 1 aromatic carbocycles. The van der Waals surface area contributed by atoms with Crippen molar-refractivity contribution in [2.45, 2.75) is 31.8 Å². The SMILES string of the molecule is COc1ccc(CN2CCC(c3cn(Cc4ccsc4)c4ncccc34)CC2)cc1C(=O)O. The first-order valence-corrected chi connectivity index (χ1v) is 12.1. The molecule has 170 valence electrons. The molecule has 6 nitrogen and oxygen atoms in total. The van der Waals surface area contributed by atoms with Crippen molar-refractivity contribution in [2.75, 3.05) is 20.2 Å². The molecule has 0 atom stereocenters. The van der Waals surface area contributed by atoms with E-state index >= 15 is 0 Å². The van der Waals surface area contributed by atoms with E-state index in [0.29, 0.717) is 11.7 Å². The van der Waals surface area contributed by atoms with E-state index in [2.05, 4.69) is 43.5 Å². The van der Waals surface area contributed by atoms with Gasteiger partial charge < -0.3 is 14.4 Å². The molecule has 0 saturated carbocycles. The zero-order valence-corrected chi connectivity index (χ0v) is 19.4. The highest BCUT2D eigenvalue weighted by Gasteiger charge is 2.24. The Hall–Kier alpha value is -3.16. The largest absolute Gasteiger partial charge is 0.496 e. The molecule has 0 unspecified atom stereocenters. The summed E-state index contributed by atoms with van der Waals surface area (Å²) in [5.41, 5.74) is 4.98. The Morgan fingerprint density at radius 2 is 2.03 bits per heavy atom. The number of fused-ring (bicyclic) bond motifs is 1. The first kappa shape index (κ1) is 21.7. The van der Waals surface area contributed by atoms with Crippen molar-refractivity contribution in [1.82, 2.24) is 14.5 Å². The van der Waals surface area contributed by atoms with Crippen LogP contribution in [0, 0.1) is 0 Å². The topological polar surface area (TPSA) is 67.6 Å². The molecule has 0 radical (unpaired) electrons. The fourth-order valence-corrected chi connectivity index (χ4v) is 5.52. The molecule has 4 aromatic rings. The molecule has 1 fully saturated rings. The number of pyridine rings is 1. The average Bonchev–Trinajstić information content (AvgIpc) is 3.48. The fourth-order valence-electron chi connectivity index (χ4n) is 4.86. The van der Waals surface area contributed by atoms with Crippen LogP contribution in [0.5, 0.6) is 5.75 Å². The van der Waals surface area contributed by atoms with Crippen molar-refractivity contribution >= 4 is 28.3 Å². The number of nitrogens with zero attached hydrogens (tertiary/aromatic N) is 3. The van der Waals surface area contributed by atoms with Gasteiger partial charge in [-0.15, -0.1) is 0 Å². The fraction of sp³-hybridized carbons (Fsp3) is 0.308. The molecule has 0 bridgehead atoms. The minimum Gasteiger partial charge on any atom is -0.496 e. The molecular formula is C26H27N3O3S. The third-order valence-corrected chi connectivity index (χ3v) is 7.26. The van der Waals surface area contributed by atoms with E-state index in [1.54, 1.807) is 23.5 Å². The van der Waals surface area contributed by atoms with Crippen LogP contribution in [0.15, 0.2) is 59.6 Å². The van der Waals surface area contributed by atoms with E-state index in [-0.39, 0.29) is 5.56 Å². The van der Waals surface area contributed by atoms with Crippen LogP contribution < -0.4 is 4.74 Å². The molecule has 1 saturated heterocycles. The quantitative estimate of drug-likeness (QED) is 0.408. The van der Waals surface area contributed by atoms with Gasteiger partial charge in [-0.25, -0.2) is 9.78 Å². The molecule has 1 N–H and O–H groups in total. The van der Waals surface area contributed by atoms with Gasteiger partial charge in [-0.1, -0.05) is 6.07 Å². The summed E-state index contributed by atoms with van der Waals surface area (Å²) in [6, 6.07) is 11.8. The van der Waals surface area contributed by atoms with Crippen molar-refractivity contribution in [2.24, 2.45) is 0 Å². The summed E-state index contributed by atoms with van der Waals surface area (Å²) in [6.45, 7) is 3.56. The molecule has 0 aliphatic carbocycles. The third-order valence-electron chi connectivity index (χ3n) is 6.53. The molecule has 3 aromatic heterocycles. The summed E-state index contributed by atoms with van der Waals surface area (Å²) in [4.78, 5) is 18.6. The second kappa shape index (κ2) is 9.37. The van der Waals surface area contributed by atoms with Gasteiger partial charge in [0.25, 0.3) is 0 Å². The lowest BCUT2D eigenvalue weighted by molar-refractivity contribution is 0.0693. The van der Waals surface area contributed by atoms with Crippen LogP contribution in [0.2, 0.25) is 0 Å². The van der Waals surface area contributed by atoms with Crippen molar-refractivity contribution in [3.05, 3.63) is 81.8 Å². The van der Waals surface area contributed by atoms with Crippen molar-refractivity contribution in [3.8, 4) is 5.75 Å². The molecule has 33 heavy (non-hydrogen) atoms. The summed E-state index contributed by atoms with van der Waals surface area (Å²) in [5.74, 6) is -0.0561. The Kier molecular flexibility index (Phi) is 6.15. The number of likely N-dealkylation sites (tertiary alicyclic amines) is 1.